The second-order valence-electron chi connectivity index (χ2n) is 4.41. The highest BCUT2D eigenvalue weighted by molar-refractivity contribution is 7.98. The fourth-order valence-electron chi connectivity index (χ4n) is 1.61. The summed E-state index contributed by atoms with van der Waals surface area (Å²) >= 11 is 7.74. The molecular weight excluding hydrogens is 236 g/mol. The Labute approximate surface area is 109 Å². The normalized spacial score (nSPS) is 12.7. The van der Waals surface area contributed by atoms with E-state index in [1.165, 1.54) is 23.3 Å². The van der Waals surface area contributed by atoms with Gasteiger partial charge in [-0.3, -0.25) is 0 Å². The van der Waals surface area contributed by atoms with Crippen molar-refractivity contribution >= 4 is 23.4 Å². The molecule has 0 aliphatic heterocycles. The third-order valence-electron chi connectivity index (χ3n) is 2.71. The molecule has 1 unspecified atom stereocenters. The van der Waals surface area contributed by atoms with Crippen molar-refractivity contribution in [3.05, 3.63) is 35.4 Å². The lowest BCUT2D eigenvalue weighted by Gasteiger charge is -2.08. The molecular formula is C14H21ClS. The number of hydrogen-bond donors (Lipinski definition) is 0. The predicted octanol–water partition coefficient (Wildman–Crippen LogP) is 4.88. The topological polar surface area (TPSA) is 0 Å². The predicted molar refractivity (Wildman–Crippen MR) is 76.5 cm³/mol. The van der Waals surface area contributed by atoms with Gasteiger partial charge in [-0.2, -0.15) is 11.8 Å². The van der Waals surface area contributed by atoms with Gasteiger partial charge in [0, 0.05) is 11.6 Å². The van der Waals surface area contributed by atoms with Crippen LogP contribution in [0, 0.1) is 12.8 Å². The van der Waals surface area contributed by atoms with Crippen LogP contribution >= 0.6 is 23.4 Å². The van der Waals surface area contributed by atoms with Crippen LogP contribution in [-0.4, -0.2) is 11.6 Å². The molecule has 0 spiro atoms. The molecule has 0 saturated carbocycles. The SMILES string of the molecule is Cc1cccc(CSCCC(C)CCCl)c1. The highest BCUT2D eigenvalue weighted by Gasteiger charge is 2.01. The summed E-state index contributed by atoms with van der Waals surface area (Å²) in [5.41, 5.74) is 2.80. The molecule has 0 amide bonds. The minimum absolute atomic E-state index is 0.766. The molecule has 1 aromatic carbocycles. The number of rotatable bonds is 7. The largest absolute Gasteiger partial charge is 0.157 e. The third kappa shape index (κ3) is 5.81. The summed E-state index contributed by atoms with van der Waals surface area (Å²) in [6, 6.07) is 8.77. The quantitative estimate of drug-likeness (QED) is 0.495. The maximum Gasteiger partial charge on any atom is 0.0225 e. The smallest absolute Gasteiger partial charge is 0.0225 e. The zero-order chi connectivity index (χ0) is 11.8. The number of halogens is 1. The van der Waals surface area contributed by atoms with E-state index in [0.29, 0.717) is 0 Å². The van der Waals surface area contributed by atoms with Gasteiger partial charge in [0.2, 0.25) is 0 Å². The van der Waals surface area contributed by atoms with Crippen LogP contribution in [0.2, 0.25) is 0 Å². The molecule has 0 nitrogen and oxygen atoms in total. The second-order valence-corrected chi connectivity index (χ2v) is 5.90. The summed E-state index contributed by atoms with van der Waals surface area (Å²) < 4.78 is 0. The van der Waals surface area contributed by atoms with E-state index in [4.69, 9.17) is 11.6 Å². The van der Waals surface area contributed by atoms with Gasteiger partial charge in [0.15, 0.2) is 0 Å². The van der Waals surface area contributed by atoms with Crippen molar-refractivity contribution < 1.29 is 0 Å². The molecule has 2 heteroatoms. The third-order valence-corrected chi connectivity index (χ3v) is 3.99. The maximum atomic E-state index is 5.72. The molecule has 1 rings (SSSR count). The van der Waals surface area contributed by atoms with Crippen molar-refractivity contribution in [2.75, 3.05) is 11.6 Å². The summed E-state index contributed by atoms with van der Waals surface area (Å²) in [6.07, 6.45) is 2.43. The van der Waals surface area contributed by atoms with E-state index in [1.807, 2.05) is 11.8 Å². The van der Waals surface area contributed by atoms with Gasteiger partial charge in [0.25, 0.3) is 0 Å². The first-order chi connectivity index (χ1) is 7.72. The molecule has 0 bridgehead atoms. The fourth-order valence-corrected chi connectivity index (χ4v) is 3.11. The lowest BCUT2D eigenvalue weighted by molar-refractivity contribution is 0.552. The molecule has 0 fully saturated rings. The van der Waals surface area contributed by atoms with Gasteiger partial charge in [0.1, 0.15) is 0 Å². The molecule has 0 aliphatic rings. The number of hydrogen-bond acceptors (Lipinski definition) is 1. The van der Waals surface area contributed by atoms with Gasteiger partial charge >= 0.3 is 0 Å². The maximum absolute atomic E-state index is 5.72. The molecule has 0 radical (unpaired) electrons. The minimum atomic E-state index is 0.766. The Hall–Kier alpha value is -0.140. The standard InChI is InChI=1S/C14H21ClS/c1-12(6-8-15)7-9-16-11-14-5-3-4-13(2)10-14/h3-5,10,12H,6-9,11H2,1-2H3. The van der Waals surface area contributed by atoms with Crippen LogP contribution in [0.1, 0.15) is 30.9 Å². The van der Waals surface area contributed by atoms with Gasteiger partial charge in [-0.25, -0.2) is 0 Å². The van der Waals surface area contributed by atoms with Gasteiger partial charge in [-0.1, -0.05) is 36.8 Å². The molecule has 0 N–H and O–H groups in total. The Bertz CT molecular complexity index is 299. The van der Waals surface area contributed by atoms with Crippen LogP contribution in [0.15, 0.2) is 24.3 Å². The van der Waals surface area contributed by atoms with Gasteiger partial charge < -0.3 is 0 Å². The number of benzene rings is 1. The van der Waals surface area contributed by atoms with E-state index in [-0.39, 0.29) is 0 Å². The van der Waals surface area contributed by atoms with Gasteiger partial charge in [-0.05, 0) is 37.0 Å². The van der Waals surface area contributed by atoms with E-state index in [2.05, 4.69) is 38.1 Å². The summed E-state index contributed by atoms with van der Waals surface area (Å²) in [5, 5.41) is 0. The van der Waals surface area contributed by atoms with Crippen LogP contribution in [0.25, 0.3) is 0 Å². The van der Waals surface area contributed by atoms with E-state index in [9.17, 15) is 0 Å². The number of aryl methyl sites for hydroxylation is 1. The molecule has 0 aliphatic carbocycles. The summed E-state index contributed by atoms with van der Waals surface area (Å²) in [6.45, 7) is 4.44. The van der Waals surface area contributed by atoms with Crippen LogP contribution in [0.4, 0.5) is 0 Å². The Morgan fingerprint density at radius 3 is 2.81 bits per heavy atom. The molecule has 0 heterocycles. The Balaban J connectivity index is 2.16. The minimum Gasteiger partial charge on any atom is -0.157 e. The first-order valence-electron chi connectivity index (χ1n) is 5.91. The average Bonchev–Trinajstić information content (AvgIpc) is 2.25. The van der Waals surface area contributed by atoms with Crippen molar-refractivity contribution in [1.82, 2.24) is 0 Å². The van der Waals surface area contributed by atoms with Crippen molar-refractivity contribution in [1.29, 1.82) is 0 Å². The highest BCUT2D eigenvalue weighted by atomic mass is 35.5. The van der Waals surface area contributed by atoms with Crippen molar-refractivity contribution in [3.8, 4) is 0 Å². The zero-order valence-corrected chi connectivity index (χ0v) is 11.8. The van der Waals surface area contributed by atoms with Crippen molar-refractivity contribution in [2.24, 2.45) is 5.92 Å². The first-order valence-corrected chi connectivity index (χ1v) is 7.60. The van der Waals surface area contributed by atoms with Crippen LogP contribution < -0.4 is 0 Å². The average molecular weight is 257 g/mol. The van der Waals surface area contributed by atoms with Crippen LogP contribution in [0.3, 0.4) is 0 Å². The van der Waals surface area contributed by atoms with Gasteiger partial charge in [0.05, 0.1) is 0 Å². The zero-order valence-electron chi connectivity index (χ0n) is 10.2. The summed E-state index contributed by atoms with van der Waals surface area (Å²) in [7, 11) is 0. The molecule has 1 aromatic rings. The second kappa shape index (κ2) is 8.03. The first kappa shape index (κ1) is 13.9. The summed E-state index contributed by atoms with van der Waals surface area (Å²) in [5.74, 6) is 3.94. The van der Waals surface area contributed by atoms with E-state index >= 15 is 0 Å². The lowest BCUT2D eigenvalue weighted by Crippen LogP contribution is -1.97. The molecule has 16 heavy (non-hydrogen) atoms. The number of thioether (sulfide) groups is 1. The van der Waals surface area contributed by atoms with E-state index in [1.54, 1.807) is 0 Å². The molecule has 1 atom stereocenters. The molecule has 0 saturated heterocycles. The van der Waals surface area contributed by atoms with Crippen LogP contribution in [-0.2, 0) is 5.75 Å². The monoisotopic (exact) mass is 256 g/mol. The Morgan fingerprint density at radius 2 is 2.12 bits per heavy atom. The highest BCUT2D eigenvalue weighted by Crippen LogP contribution is 2.18. The molecule has 90 valence electrons. The Morgan fingerprint density at radius 1 is 1.31 bits per heavy atom. The lowest BCUT2D eigenvalue weighted by atomic mass is 10.1. The van der Waals surface area contributed by atoms with Crippen molar-refractivity contribution in [3.63, 3.8) is 0 Å². The van der Waals surface area contributed by atoms with E-state index in [0.717, 1.165) is 24.0 Å². The van der Waals surface area contributed by atoms with Gasteiger partial charge in [-0.15, -0.1) is 11.6 Å². The fraction of sp³-hybridized carbons (Fsp3) is 0.571. The number of alkyl halides is 1. The van der Waals surface area contributed by atoms with Crippen molar-refractivity contribution in [2.45, 2.75) is 32.4 Å². The molecule has 0 aromatic heterocycles. The summed E-state index contributed by atoms with van der Waals surface area (Å²) in [4.78, 5) is 0. The van der Waals surface area contributed by atoms with Crippen LogP contribution in [0.5, 0.6) is 0 Å². The van der Waals surface area contributed by atoms with E-state index < -0.39 is 0 Å². The Kier molecular flexibility index (Phi) is 6.98.